The number of ether oxygens (including phenoxy) is 3. The molecule has 0 saturated carbocycles. The maximum absolute atomic E-state index is 14.3. The number of piperidine rings is 1. The highest BCUT2D eigenvalue weighted by Crippen LogP contribution is 2.56. The molecule has 0 bridgehead atoms. The summed E-state index contributed by atoms with van der Waals surface area (Å²) in [5, 5.41) is 6.14. The number of alkyl carbamates (subject to hydrolysis) is 1. The Labute approximate surface area is 230 Å². The van der Waals surface area contributed by atoms with E-state index < -0.39 is 35.2 Å². The van der Waals surface area contributed by atoms with Gasteiger partial charge in [0.25, 0.3) is 0 Å². The molecule has 4 rings (SSSR count). The summed E-state index contributed by atoms with van der Waals surface area (Å²) in [4.78, 5) is 40.4. The van der Waals surface area contributed by atoms with Crippen molar-refractivity contribution in [3.8, 4) is 0 Å². The number of carbonyl (C=O) groups is 3. The topological polar surface area (TPSA) is 103 Å². The highest BCUT2D eigenvalue weighted by molar-refractivity contribution is 5.94. The van der Waals surface area contributed by atoms with E-state index in [1.54, 1.807) is 27.7 Å². The van der Waals surface area contributed by atoms with Crippen LogP contribution in [-0.4, -0.2) is 49.4 Å². The molecule has 1 fully saturated rings. The molecular weight excluding hydrogens is 496 g/mol. The first-order chi connectivity index (χ1) is 18.6. The lowest BCUT2D eigenvalue weighted by Gasteiger charge is -2.41. The molecule has 2 aromatic carbocycles. The molecule has 3 atom stereocenters. The lowest BCUT2D eigenvalue weighted by molar-refractivity contribution is -0.150. The molecule has 1 saturated heterocycles. The van der Waals surface area contributed by atoms with Crippen molar-refractivity contribution in [1.29, 1.82) is 0 Å². The van der Waals surface area contributed by atoms with Gasteiger partial charge in [0.2, 0.25) is 0 Å². The predicted octanol–water partition coefficient (Wildman–Crippen LogP) is 4.61. The molecule has 1 amide bonds. The molecule has 1 aliphatic heterocycles. The zero-order valence-electron chi connectivity index (χ0n) is 23.3. The van der Waals surface area contributed by atoms with Crippen molar-refractivity contribution in [2.24, 2.45) is 5.92 Å². The fourth-order valence-electron chi connectivity index (χ4n) is 6.00. The number of fused-ring (bicyclic) bond motifs is 2. The van der Waals surface area contributed by atoms with Crippen LogP contribution >= 0.6 is 0 Å². The van der Waals surface area contributed by atoms with Gasteiger partial charge >= 0.3 is 12.1 Å². The SMILES string of the molecule is CCOC(=O)C1c2ccccc2C2(CCNCC2)C1C(=O)CC(NC(=O)OC(C)(C)C)OCc1ccccc1. The van der Waals surface area contributed by atoms with Crippen LogP contribution in [0.1, 0.15) is 69.6 Å². The van der Waals surface area contributed by atoms with Crippen molar-refractivity contribution in [3.05, 3.63) is 71.3 Å². The minimum atomic E-state index is -0.933. The van der Waals surface area contributed by atoms with E-state index in [1.807, 2.05) is 54.6 Å². The van der Waals surface area contributed by atoms with Crippen LogP contribution in [0.3, 0.4) is 0 Å². The van der Waals surface area contributed by atoms with Crippen molar-refractivity contribution < 1.29 is 28.6 Å². The van der Waals surface area contributed by atoms with E-state index in [2.05, 4.69) is 10.6 Å². The maximum Gasteiger partial charge on any atom is 0.409 e. The van der Waals surface area contributed by atoms with Gasteiger partial charge in [0, 0.05) is 11.3 Å². The third-order valence-electron chi connectivity index (χ3n) is 7.50. The minimum absolute atomic E-state index is 0.101. The van der Waals surface area contributed by atoms with Crippen LogP contribution in [0.25, 0.3) is 0 Å². The average molecular weight is 537 g/mol. The molecule has 2 aromatic rings. The molecule has 2 aliphatic rings. The number of carbonyl (C=O) groups excluding carboxylic acids is 3. The van der Waals surface area contributed by atoms with Gasteiger partial charge in [-0.25, -0.2) is 4.79 Å². The van der Waals surface area contributed by atoms with Gasteiger partial charge < -0.3 is 19.5 Å². The third kappa shape index (κ3) is 6.68. The highest BCUT2D eigenvalue weighted by atomic mass is 16.6. The highest BCUT2D eigenvalue weighted by Gasteiger charge is 2.57. The summed E-state index contributed by atoms with van der Waals surface area (Å²) >= 11 is 0. The molecule has 39 heavy (non-hydrogen) atoms. The van der Waals surface area contributed by atoms with Gasteiger partial charge in [-0.2, -0.15) is 0 Å². The van der Waals surface area contributed by atoms with Crippen LogP contribution in [0.15, 0.2) is 54.6 Å². The van der Waals surface area contributed by atoms with Crippen molar-refractivity contribution in [2.45, 2.75) is 76.7 Å². The summed E-state index contributed by atoms with van der Waals surface area (Å²) in [5.74, 6) is -1.86. The number of amides is 1. The lowest BCUT2D eigenvalue weighted by Crippen LogP contribution is -2.49. The van der Waals surface area contributed by atoms with Gasteiger partial charge in [0.05, 0.1) is 25.6 Å². The van der Waals surface area contributed by atoms with Crippen LogP contribution in [0.5, 0.6) is 0 Å². The number of esters is 1. The first-order valence-corrected chi connectivity index (χ1v) is 13.8. The average Bonchev–Trinajstić information content (AvgIpc) is 3.17. The number of hydrogen-bond acceptors (Lipinski definition) is 7. The van der Waals surface area contributed by atoms with Crippen LogP contribution < -0.4 is 10.6 Å². The lowest BCUT2D eigenvalue weighted by atomic mass is 9.65. The smallest absolute Gasteiger partial charge is 0.409 e. The van der Waals surface area contributed by atoms with Crippen LogP contribution in [0, 0.1) is 5.92 Å². The zero-order valence-corrected chi connectivity index (χ0v) is 23.3. The summed E-state index contributed by atoms with van der Waals surface area (Å²) in [5.41, 5.74) is 1.61. The molecular formula is C31H40N2O6. The summed E-state index contributed by atoms with van der Waals surface area (Å²) in [6.07, 6.45) is -0.244. The second-order valence-corrected chi connectivity index (χ2v) is 11.3. The Bertz CT molecular complexity index is 1150. The largest absolute Gasteiger partial charge is 0.466 e. The van der Waals surface area contributed by atoms with Gasteiger partial charge in [0.15, 0.2) is 0 Å². The molecule has 1 aliphatic carbocycles. The first kappa shape index (κ1) is 28.8. The standard InChI is InChI=1S/C31H40N2O6/c1-5-37-28(35)26-22-13-9-10-14-23(22)31(15-17-32-18-16-31)27(26)24(34)19-25(33-29(36)39-30(2,3)4)38-20-21-11-7-6-8-12-21/h6-14,25-27,32H,5,15-20H2,1-4H3,(H,33,36). The van der Waals surface area contributed by atoms with Crippen molar-refractivity contribution in [3.63, 3.8) is 0 Å². The van der Waals surface area contributed by atoms with E-state index in [0.717, 1.165) is 42.6 Å². The Morgan fingerprint density at radius 3 is 2.36 bits per heavy atom. The summed E-state index contributed by atoms with van der Waals surface area (Å²) < 4.78 is 17.0. The monoisotopic (exact) mass is 536 g/mol. The molecule has 0 radical (unpaired) electrons. The maximum atomic E-state index is 14.3. The van der Waals surface area contributed by atoms with E-state index in [0.29, 0.717) is 0 Å². The zero-order chi connectivity index (χ0) is 28.0. The van der Waals surface area contributed by atoms with Gasteiger partial charge in [-0.1, -0.05) is 54.6 Å². The van der Waals surface area contributed by atoms with Gasteiger partial charge in [-0.3, -0.25) is 14.9 Å². The van der Waals surface area contributed by atoms with Crippen LogP contribution in [-0.2, 0) is 35.8 Å². The summed E-state index contributed by atoms with van der Waals surface area (Å²) in [6.45, 7) is 9.03. The molecule has 8 heteroatoms. The number of ketones is 1. The quantitative estimate of drug-likeness (QED) is 0.356. The molecule has 1 heterocycles. The number of benzene rings is 2. The Morgan fingerprint density at radius 2 is 1.69 bits per heavy atom. The second-order valence-electron chi connectivity index (χ2n) is 11.3. The van der Waals surface area contributed by atoms with Crippen LogP contribution in [0.4, 0.5) is 4.79 Å². The molecule has 3 unspecified atom stereocenters. The van der Waals surface area contributed by atoms with Gasteiger partial charge in [0.1, 0.15) is 17.6 Å². The first-order valence-electron chi connectivity index (χ1n) is 13.8. The number of rotatable bonds is 9. The number of hydrogen-bond donors (Lipinski definition) is 2. The van der Waals surface area contributed by atoms with E-state index in [9.17, 15) is 14.4 Å². The second kappa shape index (κ2) is 12.3. The van der Waals surface area contributed by atoms with Crippen molar-refractivity contribution in [1.82, 2.24) is 10.6 Å². The van der Waals surface area contributed by atoms with Crippen LogP contribution in [0.2, 0.25) is 0 Å². The number of Topliss-reactive ketones (excluding diaryl/α,β-unsaturated/α-hetero) is 1. The van der Waals surface area contributed by atoms with Gasteiger partial charge in [-0.05, 0) is 70.3 Å². The van der Waals surface area contributed by atoms with Gasteiger partial charge in [-0.15, -0.1) is 0 Å². The molecule has 2 N–H and O–H groups in total. The van der Waals surface area contributed by atoms with E-state index in [4.69, 9.17) is 14.2 Å². The summed E-state index contributed by atoms with van der Waals surface area (Å²) in [6, 6.07) is 17.4. The minimum Gasteiger partial charge on any atom is -0.466 e. The Balaban J connectivity index is 1.64. The van der Waals surface area contributed by atoms with Crippen molar-refractivity contribution >= 4 is 17.8 Å². The summed E-state index contributed by atoms with van der Waals surface area (Å²) in [7, 11) is 0. The third-order valence-corrected chi connectivity index (χ3v) is 7.50. The molecule has 1 spiro atoms. The number of nitrogens with one attached hydrogen (secondary N) is 2. The van der Waals surface area contributed by atoms with E-state index in [1.165, 1.54) is 0 Å². The van der Waals surface area contributed by atoms with E-state index in [-0.39, 0.29) is 31.4 Å². The normalized spacial score (nSPS) is 20.6. The molecule has 0 aromatic heterocycles. The fraction of sp³-hybridized carbons (Fsp3) is 0.516. The molecule has 8 nitrogen and oxygen atoms in total. The fourth-order valence-corrected chi connectivity index (χ4v) is 6.00. The van der Waals surface area contributed by atoms with Crippen molar-refractivity contribution in [2.75, 3.05) is 19.7 Å². The Hall–Kier alpha value is -3.23. The molecule has 210 valence electrons. The Morgan fingerprint density at radius 1 is 1.03 bits per heavy atom. The predicted molar refractivity (Wildman–Crippen MR) is 147 cm³/mol. The van der Waals surface area contributed by atoms with E-state index >= 15 is 0 Å². The Kier molecular flexibility index (Phi) is 9.08.